The minimum absolute atomic E-state index is 0.0177. The van der Waals surface area contributed by atoms with E-state index < -0.39 is 22.9 Å². The van der Waals surface area contributed by atoms with Crippen LogP contribution in [0, 0.1) is 0 Å². The highest BCUT2D eigenvalue weighted by Gasteiger charge is 2.31. The molecule has 20 heavy (non-hydrogen) atoms. The summed E-state index contributed by atoms with van der Waals surface area (Å²) in [5.74, 6) is -0.644. The van der Waals surface area contributed by atoms with E-state index in [1.807, 2.05) is 0 Å². The van der Waals surface area contributed by atoms with Crippen molar-refractivity contribution in [3.63, 3.8) is 0 Å². The van der Waals surface area contributed by atoms with Crippen LogP contribution in [0.15, 0.2) is 33.5 Å². The van der Waals surface area contributed by atoms with Gasteiger partial charge in [-0.2, -0.15) is 17.9 Å². The van der Waals surface area contributed by atoms with Crippen molar-refractivity contribution >= 4 is 0 Å². The number of aromatic nitrogens is 2. The summed E-state index contributed by atoms with van der Waals surface area (Å²) in [5.41, 5.74) is -1.34. The van der Waals surface area contributed by atoms with Gasteiger partial charge in [0.05, 0.1) is 11.3 Å². The molecule has 0 N–H and O–H groups in total. The number of halogens is 3. The summed E-state index contributed by atoms with van der Waals surface area (Å²) >= 11 is 0. The zero-order valence-corrected chi connectivity index (χ0v) is 11.2. The first-order valence-electron chi connectivity index (χ1n) is 5.87. The van der Waals surface area contributed by atoms with E-state index in [2.05, 4.69) is 5.10 Å². The summed E-state index contributed by atoms with van der Waals surface area (Å²) in [6, 6.07) is 4.37. The quantitative estimate of drug-likeness (QED) is 0.809. The maximum Gasteiger partial charge on any atom is 0.441 e. The highest BCUT2D eigenvalue weighted by atomic mass is 19.4. The SMILES string of the molecule is CC(C)(C)c1nn(-c2cccc(C(F)(F)F)c2)c(=O)o1. The normalized spacial score (nSPS) is 12.7. The van der Waals surface area contributed by atoms with Gasteiger partial charge in [0.2, 0.25) is 5.89 Å². The number of rotatable bonds is 1. The molecule has 0 saturated carbocycles. The van der Waals surface area contributed by atoms with Gasteiger partial charge in [0.15, 0.2) is 0 Å². The van der Waals surface area contributed by atoms with Crippen molar-refractivity contribution < 1.29 is 17.6 Å². The van der Waals surface area contributed by atoms with Crippen LogP contribution in [0.5, 0.6) is 0 Å². The van der Waals surface area contributed by atoms with Gasteiger partial charge in [-0.3, -0.25) is 0 Å². The summed E-state index contributed by atoms with van der Waals surface area (Å²) in [7, 11) is 0. The number of nitrogens with zero attached hydrogens (tertiary/aromatic N) is 2. The highest BCUT2D eigenvalue weighted by Crippen LogP contribution is 2.30. The maximum absolute atomic E-state index is 12.6. The zero-order chi connectivity index (χ0) is 15.1. The topological polar surface area (TPSA) is 48.0 Å². The van der Waals surface area contributed by atoms with E-state index in [4.69, 9.17) is 4.42 Å². The van der Waals surface area contributed by atoms with Gasteiger partial charge in [-0.25, -0.2) is 4.79 Å². The second kappa shape index (κ2) is 4.50. The summed E-state index contributed by atoms with van der Waals surface area (Å²) < 4.78 is 43.7. The minimum Gasteiger partial charge on any atom is -0.391 e. The number of hydrogen-bond donors (Lipinski definition) is 0. The maximum atomic E-state index is 12.6. The average molecular weight is 286 g/mol. The molecule has 0 saturated heterocycles. The molecule has 0 amide bonds. The molecule has 7 heteroatoms. The molecule has 2 aromatic rings. The van der Waals surface area contributed by atoms with Crippen LogP contribution in [0.2, 0.25) is 0 Å². The molecule has 0 aliphatic rings. The Balaban J connectivity index is 2.53. The van der Waals surface area contributed by atoms with Crippen molar-refractivity contribution in [2.75, 3.05) is 0 Å². The van der Waals surface area contributed by atoms with Crippen molar-refractivity contribution in [1.82, 2.24) is 9.78 Å². The van der Waals surface area contributed by atoms with E-state index in [0.717, 1.165) is 16.8 Å². The lowest BCUT2D eigenvalue weighted by atomic mass is 9.97. The third-order valence-corrected chi connectivity index (χ3v) is 2.61. The van der Waals surface area contributed by atoms with E-state index in [-0.39, 0.29) is 11.6 Å². The van der Waals surface area contributed by atoms with Crippen LogP contribution in [0.4, 0.5) is 13.2 Å². The molecular formula is C13H13F3N2O2. The smallest absolute Gasteiger partial charge is 0.391 e. The molecule has 0 unspecified atom stereocenters. The average Bonchev–Trinajstić information content (AvgIpc) is 2.70. The lowest BCUT2D eigenvalue weighted by Crippen LogP contribution is -2.15. The highest BCUT2D eigenvalue weighted by molar-refractivity contribution is 5.35. The Morgan fingerprint density at radius 1 is 1.20 bits per heavy atom. The van der Waals surface area contributed by atoms with Crippen LogP contribution in [0.3, 0.4) is 0 Å². The lowest BCUT2D eigenvalue weighted by molar-refractivity contribution is -0.137. The molecule has 1 heterocycles. The second-order valence-corrected chi connectivity index (χ2v) is 5.38. The summed E-state index contributed by atoms with van der Waals surface area (Å²) in [4.78, 5) is 11.7. The van der Waals surface area contributed by atoms with Crippen molar-refractivity contribution in [2.45, 2.75) is 32.4 Å². The molecule has 1 aromatic heterocycles. The van der Waals surface area contributed by atoms with Gasteiger partial charge in [0, 0.05) is 5.41 Å². The van der Waals surface area contributed by atoms with Gasteiger partial charge < -0.3 is 4.42 Å². The first-order chi connectivity index (χ1) is 9.09. The zero-order valence-electron chi connectivity index (χ0n) is 11.2. The van der Waals surface area contributed by atoms with Gasteiger partial charge in [-0.15, -0.1) is 5.10 Å². The fourth-order valence-electron chi connectivity index (χ4n) is 1.56. The van der Waals surface area contributed by atoms with Crippen molar-refractivity contribution in [3.8, 4) is 5.69 Å². The molecule has 0 aliphatic heterocycles. The Morgan fingerprint density at radius 3 is 2.35 bits per heavy atom. The first kappa shape index (κ1) is 14.4. The van der Waals surface area contributed by atoms with Crippen LogP contribution < -0.4 is 5.76 Å². The van der Waals surface area contributed by atoms with Crippen LogP contribution in [0.1, 0.15) is 32.2 Å². The molecule has 0 fully saturated rings. The molecule has 0 radical (unpaired) electrons. The van der Waals surface area contributed by atoms with Gasteiger partial charge >= 0.3 is 11.9 Å². The molecular weight excluding hydrogens is 273 g/mol. The largest absolute Gasteiger partial charge is 0.441 e. The second-order valence-electron chi connectivity index (χ2n) is 5.38. The van der Waals surface area contributed by atoms with Crippen LogP contribution in [-0.2, 0) is 11.6 Å². The Hall–Kier alpha value is -2.05. The van der Waals surface area contributed by atoms with Gasteiger partial charge in [0.1, 0.15) is 0 Å². The van der Waals surface area contributed by atoms with Crippen molar-refractivity contribution in [3.05, 3.63) is 46.3 Å². The predicted octanol–water partition coefficient (Wildman–Crippen LogP) is 3.14. The third kappa shape index (κ3) is 2.76. The monoisotopic (exact) mass is 286 g/mol. The summed E-state index contributed by atoms with van der Waals surface area (Å²) in [6.45, 7) is 5.36. The van der Waals surface area contributed by atoms with Crippen LogP contribution >= 0.6 is 0 Å². The Kier molecular flexibility index (Phi) is 3.23. The Bertz CT molecular complexity index is 678. The Labute approximate surface area is 112 Å². The fraction of sp³-hybridized carbons (Fsp3) is 0.385. The van der Waals surface area contributed by atoms with Gasteiger partial charge in [-0.05, 0) is 18.2 Å². The molecule has 2 rings (SSSR count). The molecule has 4 nitrogen and oxygen atoms in total. The van der Waals surface area contributed by atoms with E-state index in [9.17, 15) is 18.0 Å². The summed E-state index contributed by atoms with van der Waals surface area (Å²) in [5, 5.41) is 3.94. The number of benzene rings is 1. The molecule has 0 bridgehead atoms. The van der Waals surface area contributed by atoms with Crippen molar-refractivity contribution in [2.24, 2.45) is 0 Å². The first-order valence-corrected chi connectivity index (χ1v) is 5.87. The van der Waals surface area contributed by atoms with Crippen LogP contribution in [0.25, 0.3) is 5.69 Å². The molecule has 1 aromatic carbocycles. The van der Waals surface area contributed by atoms with E-state index in [1.165, 1.54) is 12.1 Å². The standard InChI is InChI=1S/C13H13F3N2O2/c1-12(2,3)10-17-18(11(19)20-10)9-6-4-5-8(7-9)13(14,15)16/h4-7H,1-3H3. The third-order valence-electron chi connectivity index (χ3n) is 2.61. The van der Waals surface area contributed by atoms with E-state index in [0.29, 0.717) is 0 Å². The molecule has 108 valence electrons. The van der Waals surface area contributed by atoms with Gasteiger partial charge in [0.25, 0.3) is 0 Å². The molecule has 0 atom stereocenters. The number of hydrogen-bond acceptors (Lipinski definition) is 3. The lowest BCUT2D eigenvalue weighted by Gasteiger charge is -2.11. The Morgan fingerprint density at radius 2 is 1.85 bits per heavy atom. The summed E-state index contributed by atoms with van der Waals surface area (Å²) in [6.07, 6.45) is -4.48. The predicted molar refractivity (Wildman–Crippen MR) is 65.8 cm³/mol. The molecule has 0 spiro atoms. The fourth-order valence-corrected chi connectivity index (χ4v) is 1.56. The van der Waals surface area contributed by atoms with Crippen molar-refractivity contribution in [1.29, 1.82) is 0 Å². The minimum atomic E-state index is -4.48. The van der Waals surface area contributed by atoms with Gasteiger partial charge in [-0.1, -0.05) is 26.8 Å². The number of alkyl halides is 3. The van der Waals surface area contributed by atoms with Crippen LogP contribution in [-0.4, -0.2) is 9.78 Å². The van der Waals surface area contributed by atoms with E-state index >= 15 is 0 Å². The molecule has 0 aliphatic carbocycles. The van der Waals surface area contributed by atoms with E-state index in [1.54, 1.807) is 20.8 Å².